The molecule has 2 aliphatic heterocycles. The Morgan fingerprint density at radius 3 is 2.85 bits per heavy atom. The third kappa shape index (κ3) is 2.56. The average molecular weight is 378 g/mol. The summed E-state index contributed by atoms with van der Waals surface area (Å²) in [4.78, 5) is 0. The van der Waals surface area contributed by atoms with Gasteiger partial charge in [-0.25, -0.2) is 5.01 Å². The van der Waals surface area contributed by atoms with Gasteiger partial charge in [0.2, 0.25) is 6.23 Å². The van der Waals surface area contributed by atoms with E-state index >= 15 is 0 Å². The van der Waals surface area contributed by atoms with Crippen LogP contribution >= 0.6 is 11.3 Å². The van der Waals surface area contributed by atoms with Crippen molar-refractivity contribution in [3.63, 3.8) is 0 Å². The Morgan fingerprint density at radius 2 is 2.07 bits per heavy atom. The summed E-state index contributed by atoms with van der Waals surface area (Å²) in [6, 6.07) is 15.4. The summed E-state index contributed by atoms with van der Waals surface area (Å²) in [7, 11) is 1.66. The minimum Gasteiger partial charge on any atom is -0.507 e. The van der Waals surface area contributed by atoms with Crippen molar-refractivity contribution >= 4 is 17.0 Å². The van der Waals surface area contributed by atoms with Crippen LogP contribution in [-0.4, -0.2) is 22.9 Å². The fourth-order valence-corrected chi connectivity index (χ4v) is 4.43. The number of benzene rings is 2. The largest absolute Gasteiger partial charge is 0.507 e. The zero-order valence-electron chi connectivity index (χ0n) is 14.7. The molecular weight excluding hydrogens is 360 g/mol. The summed E-state index contributed by atoms with van der Waals surface area (Å²) in [5.41, 5.74) is 3.73. The smallest absolute Gasteiger partial charge is 0.214 e. The van der Waals surface area contributed by atoms with E-state index in [0.717, 1.165) is 33.9 Å². The van der Waals surface area contributed by atoms with Crippen LogP contribution in [0.5, 0.6) is 17.2 Å². The lowest BCUT2D eigenvalue weighted by Crippen LogP contribution is -2.33. The van der Waals surface area contributed by atoms with Crippen molar-refractivity contribution in [3.05, 3.63) is 76.0 Å². The van der Waals surface area contributed by atoms with Gasteiger partial charge in [-0.15, -0.1) is 0 Å². The number of para-hydroxylation sites is 2. The van der Waals surface area contributed by atoms with Crippen LogP contribution in [-0.2, 0) is 0 Å². The van der Waals surface area contributed by atoms with E-state index in [0.29, 0.717) is 6.42 Å². The van der Waals surface area contributed by atoms with Crippen LogP contribution in [0.25, 0.3) is 0 Å². The molecule has 0 amide bonds. The summed E-state index contributed by atoms with van der Waals surface area (Å²) in [5.74, 6) is 1.74. The van der Waals surface area contributed by atoms with E-state index in [-0.39, 0.29) is 18.0 Å². The van der Waals surface area contributed by atoms with Gasteiger partial charge in [0, 0.05) is 23.1 Å². The van der Waals surface area contributed by atoms with Crippen LogP contribution in [0.2, 0.25) is 0 Å². The van der Waals surface area contributed by atoms with Crippen molar-refractivity contribution in [1.82, 2.24) is 5.01 Å². The first-order chi connectivity index (χ1) is 13.3. The van der Waals surface area contributed by atoms with E-state index in [4.69, 9.17) is 14.6 Å². The minimum atomic E-state index is -0.326. The monoisotopic (exact) mass is 378 g/mol. The number of methoxy groups -OCH3 is 1. The zero-order chi connectivity index (χ0) is 18.4. The third-order valence-corrected chi connectivity index (χ3v) is 5.74. The summed E-state index contributed by atoms with van der Waals surface area (Å²) in [6.45, 7) is 0. The average Bonchev–Trinajstić information content (AvgIpc) is 3.37. The number of rotatable bonds is 3. The number of hydrazone groups is 1. The highest BCUT2D eigenvalue weighted by atomic mass is 32.1. The van der Waals surface area contributed by atoms with Gasteiger partial charge >= 0.3 is 0 Å². The Bertz CT molecular complexity index is 1020. The summed E-state index contributed by atoms with van der Waals surface area (Å²) in [6.07, 6.45) is 0.371. The number of phenolic OH excluding ortho intramolecular Hbond substituents is 1. The molecule has 2 atom stereocenters. The molecule has 0 saturated heterocycles. The molecule has 3 aromatic rings. The Hall–Kier alpha value is -2.99. The quantitative estimate of drug-likeness (QED) is 0.717. The number of ether oxygens (including phenoxy) is 2. The van der Waals surface area contributed by atoms with E-state index < -0.39 is 0 Å². The van der Waals surface area contributed by atoms with Crippen molar-refractivity contribution in [1.29, 1.82) is 0 Å². The van der Waals surface area contributed by atoms with Gasteiger partial charge in [0.25, 0.3) is 0 Å². The molecule has 0 radical (unpaired) electrons. The van der Waals surface area contributed by atoms with Gasteiger partial charge in [0.05, 0.1) is 18.9 Å². The first-order valence-electron chi connectivity index (χ1n) is 8.76. The summed E-state index contributed by atoms with van der Waals surface area (Å²) < 4.78 is 11.9. The van der Waals surface area contributed by atoms with Crippen LogP contribution in [0.4, 0.5) is 0 Å². The molecule has 0 aliphatic carbocycles. The Morgan fingerprint density at radius 1 is 1.19 bits per heavy atom. The lowest BCUT2D eigenvalue weighted by atomic mass is 9.95. The second-order valence-corrected chi connectivity index (χ2v) is 7.35. The number of thiophene rings is 1. The molecule has 0 bridgehead atoms. The van der Waals surface area contributed by atoms with Crippen molar-refractivity contribution in [2.45, 2.75) is 18.7 Å². The van der Waals surface area contributed by atoms with Gasteiger partial charge in [-0.2, -0.15) is 16.4 Å². The number of aromatic hydroxyl groups is 1. The highest BCUT2D eigenvalue weighted by molar-refractivity contribution is 7.07. The third-order valence-electron chi connectivity index (χ3n) is 5.04. The number of nitrogens with zero attached hydrogens (tertiary/aromatic N) is 2. The van der Waals surface area contributed by atoms with Crippen LogP contribution in [0, 0.1) is 0 Å². The molecule has 0 spiro atoms. The van der Waals surface area contributed by atoms with Crippen molar-refractivity contribution in [3.8, 4) is 17.2 Å². The van der Waals surface area contributed by atoms with Gasteiger partial charge in [0.1, 0.15) is 5.75 Å². The molecular formula is C21H18N2O3S. The maximum Gasteiger partial charge on any atom is 0.214 e. The topological polar surface area (TPSA) is 54.3 Å². The first-order valence-corrected chi connectivity index (χ1v) is 9.70. The minimum absolute atomic E-state index is 0.0309. The molecule has 0 unspecified atom stereocenters. The van der Waals surface area contributed by atoms with Crippen LogP contribution in [0.15, 0.2) is 64.4 Å². The van der Waals surface area contributed by atoms with E-state index in [9.17, 15) is 5.11 Å². The number of hydrogen-bond acceptors (Lipinski definition) is 6. The molecule has 2 aliphatic rings. The maximum absolute atomic E-state index is 10.3. The predicted octanol–water partition coefficient (Wildman–Crippen LogP) is 4.70. The molecule has 27 heavy (non-hydrogen) atoms. The highest BCUT2D eigenvalue weighted by Gasteiger charge is 2.42. The van der Waals surface area contributed by atoms with Crippen molar-refractivity contribution < 1.29 is 14.6 Å². The Balaban J connectivity index is 1.63. The van der Waals surface area contributed by atoms with Gasteiger partial charge < -0.3 is 14.6 Å². The van der Waals surface area contributed by atoms with Crippen molar-refractivity contribution in [2.75, 3.05) is 7.11 Å². The summed E-state index contributed by atoms with van der Waals surface area (Å²) >= 11 is 1.63. The molecule has 136 valence electrons. The van der Waals surface area contributed by atoms with Crippen LogP contribution in [0.3, 0.4) is 0 Å². The molecule has 6 heteroatoms. The summed E-state index contributed by atoms with van der Waals surface area (Å²) in [5, 5.41) is 21.3. The van der Waals surface area contributed by atoms with E-state index in [2.05, 4.69) is 17.5 Å². The molecule has 0 fully saturated rings. The van der Waals surface area contributed by atoms with E-state index in [1.54, 1.807) is 24.5 Å². The maximum atomic E-state index is 10.3. The van der Waals surface area contributed by atoms with Crippen LogP contribution in [0.1, 0.15) is 35.4 Å². The van der Waals surface area contributed by atoms with E-state index in [1.165, 1.54) is 0 Å². The molecule has 2 aromatic carbocycles. The molecule has 5 rings (SSSR count). The fraction of sp³-hybridized carbons (Fsp3) is 0.190. The zero-order valence-corrected chi connectivity index (χ0v) is 15.5. The lowest BCUT2D eigenvalue weighted by molar-refractivity contribution is -0.0206. The van der Waals surface area contributed by atoms with Gasteiger partial charge in [-0.1, -0.05) is 24.3 Å². The fourth-order valence-electron chi connectivity index (χ4n) is 3.76. The molecule has 3 heterocycles. The normalized spacial score (nSPS) is 20.5. The molecule has 5 nitrogen and oxygen atoms in total. The second-order valence-electron chi connectivity index (χ2n) is 6.57. The number of phenols is 1. The van der Waals surface area contributed by atoms with Crippen LogP contribution < -0.4 is 9.47 Å². The SMILES string of the molecule is COc1cccc2c1O[C@@H](c1ccsc1)N1N=C(c3ccccc3O)C[C@@H]21. The van der Waals surface area contributed by atoms with Crippen molar-refractivity contribution in [2.24, 2.45) is 5.10 Å². The molecule has 1 aromatic heterocycles. The second kappa shape index (κ2) is 6.32. The van der Waals surface area contributed by atoms with Gasteiger partial charge in [0.15, 0.2) is 11.5 Å². The molecule has 1 N–H and O–H groups in total. The first kappa shape index (κ1) is 16.2. The molecule has 0 saturated carbocycles. The van der Waals surface area contributed by atoms with Gasteiger partial charge in [-0.3, -0.25) is 0 Å². The standard InChI is InChI=1S/C21H18N2O3S/c1-25-19-8-4-6-15-17-11-16(14-5-2-3-7-18(14)24)22-23(17)21(26-20(15)19)13-9-10-27-12-13/h2-10,12,17,21,24H,11H2,1H3/t17-,21-/m0/s1. The Kier molecular flexibility index (Phi) is 3.79. The predicted molar refractivity (Wildman–Crippen MR) is 105 cm³/mol. The Labute approximate surface area is 161 Å². The van der Waals surface area contributed by atoms with E-state index in [1.807, 2.05) is 40.7 Å². The lowest BCUT2D eigenvalue weighted by Gasteiger charge is -2.38. The van der Waals surface area contributed by atoms with Gasteiger partial charge in [-0.05, 0) is 35.0 Å². The number of fused-ring (bicyclic) bond motifs is 3. The number of hydrogen-bond donors (Lipinski definition) is 1. The highest BCUT2D eigenvalue weighted by Crippen LogP contribution is 2.51.